The Morgan fingerprint density at radius 3 is 1.80 bits per heavy atom. The third kappa shape index (κ3) is 6.81. The van der Waals surface area contributed by atoms with Gasteiger partial charge in [0.2, 0.25) is 0 Å². The first kappa shape index (κ1) is 10.7. The summed E-state index contributed by atoms with van der Waals surface area (Å²) in [5, 5.41) is 0. The molecule has 0 radical (unpaired) electrons. The Hall–Kier alpha value is 0.700. The molecule has 0 amide bonds. The molecule has 1 fully saturated rings. The van der Waals surface area contributed by atoms with Crippen LogP contribution in [0.5, 0.6) is 0 Å². The van der Waals surface area contributed by atoms with E-state index in [0.717, 1.165) is 4.58 Å². The van der Waals surface area contributed by atoms with E-state index in [0.29, 0.717) is 0 Å². The zero-order chi connectivity index (χ0) is 7.82. The molecule has 0 aromatic carbocycles. The molecular formula is C8H18S2. The lowest BCUT2D eigenvalue weighted by molar-refractivity contribution is 1.09. The van der Waals surface area contributed by atoms with Gasteiger partial charge in [-0.15, -0.1) is 23.5 Å². The second-order valence-corrected chi connectivity index (χ2v) is 5.57. The van der Waals surface area contributed by atoms with Crippen molar-refractivity contribution in [1.29, 1.82) is 0 Å². The Balaban J connectivity index is 0.000000236. The van der Waals surface area contributed by atoms with Crippen LogP contribution in [0, 0.1) is 0 Å². The standard InChI is InChI=1S/C5H10S2.C3H8/c1-5-6-3-2-4-7-5;1-3-2/h5H,2-4H2,1H3;3H2,1-2H3. The summed E-state index contributed by atoms with van der Waals surface area (Å²) in [6.45, 7) is 6.54. The highest BCUT2D eigenvalue weighted by atomic mass is 32.2. The summed E-state index contributed by atoms with van der Waals surface area (Å²) >= 11 is 4.16. The maximum absolute atomic E-state index is 2.29. The molecule has 2 heteroatoms. The van der Waals surface area contributed by atoms with E-state index in [9.17, 15) is 0 Å². The minimum Gasteiger partial charge on any atom is -0.148 e. The SMILES string of the molecule is CC1SCCCS1.CCC. The third-order valence-corrected chi connectivity index (χ3v) is 3.80. The van der Waals surface area contributed by atoms with Gasteiger partial charge in [0.1, 0.15) is 0 Å². The normalized spacial score (nSPS) is 19.5. The van der Waals surface area contributed by atoms with Crippen molar-refractivity contribution >= 4 is 23.5 Å². The molecular weight excluding hydrogens is 160 g/mol. The maximum atomic E-state index is 2.29. The highest BCUT2D eigenvalue weighted by molar-refractivity contribution is 8.17. The topological polar surface area (TPSA) is 0 Å². The van der Waals surface area contributed by atoms with E-state index < -0.39 is 0 Å². The van der Waals surface area contributed by atoms with Crippen LogP contribution in [0.1, 0.15) is 33.6 Å². The monoisotopic (exact) mass is 178 g/mol. The van der Waals surface area contributed by atoms with E-state index >= 15 is 0 Å². The van der Waals surface area contributed by atoms with Crippen molar-refractivity contribution < 1.29 is 0 Å². The van der Waals surface area contributed by atoms with Crippen LogP contribution in [0.25, 0.3) is 0 Å². The number of rotatable bonds is 0. The van der Waals surface area contributed by atoms with Crippen molar-refractivity contribution in [3.05, 3.63) is 0 Å². The van der Waals surface area contributed by atoms with E-state index in [-0.39, 0.29) is 0 Å². The van der Waals surface area contributed by atoms with Gasteiger partial charge in [0.15, 0.2) is 0 Å². The summed E-state index contributed by atoms with van der Waals surface area (Å²) in [7, 11) is 0. The largest absolute Gasteiger partial charge is 0.148 e. The van der Waals surface area contributed by atoms with Crippen molar-refractivity contribution in [2.24, 2.45) is 0 Å². The Morgan fingerprint density at radius 2 is 1.60 bits per heavy atom. The smallest absolute Gasteiger partial charge is 0.0474 e. The molecule has 0 bridgehead atoms. The number of hydrogen-bond donors (Lipinski definition) is 0. The molecule has 62 valence electrons. The van der Waals surface area contributed by atoms with E-state index in [4.69, 9.17) is 0 Å². The fourth-order valence-corrected chi connectivity index (χ4v) is 3.04. The molecule has 0 saturated carbocycles. The molecule has 1 aliphatic heterocycles. The highest BCUT2D eigenvalue weighted by Crippen LogP contribution is 2.29. The predicted molar refractivity (Wildman–Crippen MR) is 55.0 cm³/mol. The van der Waals surface area contributed by atoms with E-state index in [1.165, 1.54) is 24.3 Å². The molecule has 0 aromatic heterocycles. The molecule has 0 nitrogen and oxygen atoms in total. The first-order valence-electron chi connectivity index (χ1n) is 4.04. The minimum absolute atomic E-state index is 0.869. The molecule has 0 atom stereocenters. The zero-order valence-electron chi connectivity index (χ0n) is 7.22. The molecule has 0 N–H and O–H groups in total. The maximum Gasteiger partial charge on any atom is 0.0474 e. The quantitative estimate of drug-likeness (QED) is 0.555. The molecule has 1 aliphatic rings. The molecule has 10 heavy (non-hydrogen) atoms. The predicted octanol–water partition coefficient (Wildman–Crippen LogP) is 3.62. The van der Waals surface area contributed by atoms with E-state index in [1.807, 2.05) is 0 Å². The molecule has 0 unspecified atom stereocenters. The van der Waals surface area contributed by atoms with Crippen LogP contribution in [0.2, 0.25) is 0 Å². The zero-order valence-corrected chi connectivity index (χ0v) is 8.86. The lowest BCUT2D eigenvalue weighted by Gasteiger charge is -2.15. The molecule has 1 saturated heterocycles. The Bertz CT molecular complexity index is 58.3. The molecule has 0 aromatic rings. The molecule has 1 heterocycles. The molecule has 0 aliphatic carbocycles. The van der Waals surface area contributed by atoms with E-state index in [1.54, 1.807) is 0 Å². The summed E-state index contributed by atoms with van der Waals surface area (Å²) in [6.07, 6.45) is 2.67. The van der Waals surface area contributed by atoms with Crippen molar-refractivity contribution in [1.82, 2.24) is 0 Å². The Kier molecular flexibility index (Phi) is 8.35. The first-order chi connectivity index (χ1) is 4.81. The first-order valence-corrected chi connectivity index (χ1v) is 6.14. The van der Waals surface area contributed by atoms with Crippen molar-refractivity contribution in [3.8, 4) is 0 Å². The fourth-order valence-electron chi connectivity index (χ4n) is 0.606. The van der Waals surface area contributed by atoms with Crippen LogP contribution in [0.15, 0.2) is 0 Å². The van der Waals surface area contributed by atoms with Crippen LogP contribution in [-0.4, -0.2) is 16.1 Å². The minimum atomic E-state index is 0.869. The van der Waals surface area contributed by atoms with Gasteiger partial charge in [0.25, 0.3) is 0 Å². The molecule has 0 spiro atoms. The fraction of sp³-hybridized carbons (Fsp3) is 1.00. The van der Waals surface area contributed by atoms with Gasteiger partial charge in [-0.25, -0.2) is 0 Å². The van der Waals surface area contributed by atoms with Gasteiger partial charge in [-0.05, 0) is 24.9 Å². The van der Waals surface area contributed by atoms with Crippen LogP contribution >= 0.6 is 23.5 Å². The van der Waals surface area contributed by atoms with Crippen LogP contribution in [-0.2, 0) is 0 Å². The van der Waals surface area contributed by atoms with Gasteiger partial charge in [-0.3, -0.25) is 0 Å². The number of hydrogen-bond acceptors (Lipinski definition) is 2. The van der Waals surface area contributed by atoms with Crippen molar-refractivity contribution in [3.63, 3.8) is 0 Å². The number of thioether (sulfide) groups is 2. The van der Waals surface area contributed by atoms with Gasteiger partial charge >= 0.3 is 0 Å². The average Bonchev–Trinajstić information content (AvgIpc) is 1.91. The second kappa shape index (κ2) is 7.80. The lowest BCUT2D eigenvalue weighted by Crippen LogP contribution is -2.00. The average molecular weight is 178 g/mol. The van der Waals surface area contributed by atoms with Crippen LogP contribution < -0.4 is 0 Å². The summed E-state index contributed by atoms with van der Waals surface area (Å²) in [4.78, 5) is 0. The third-order valence-electron chi connectivity index (χ3n) is 0.994. The summed E-state index contributed by atoms with van der Waals surface area (Å²) in [6, 6.07) is 0. The van der Waals surface area contributed by atoms with Gasteiger partial charge in [-0.1, -0.05) is 20.3 Å². The lowest BCUT2D eigenvalue weighted by atomic mass is 10.6. The summed E-state index contributed by atoms with van der Waals surface area (Å²) in [5.41, 5.74) is 0. The Morgan fingerprint density at radius 1 is 1.20 bits per heavy atom. The van der Waals surface area contributed by atoms with Gasteiger partial charge in [0, 0.05) is 4.58 Å². The summed E-state index contributed by atoms with van der Waals surface area (Å²) in [5.74, 6) is 2.77. The van der Waals surface area contributed by atoms with Gasteiger partial charge in [-0.2, -0.15) is 0 Å². The van der Waals surface area contributed by atoms with Crippen LogP contribution in [0.4, 0.5) is 0 Å². The molecule has 1 rings (SSSR count). The van der Waals surface area contributed by atoms with Crippen LogP contribution in [0.3, 0.4) is 0 Å². The second-order valence-electron chi connectivity index (χ2n) is 2.37. The van der Waals surface area contributed by atoms with Crippen molar-refractivity contribution in [2.45, 2.75) is 38.2 Å². The van der Waals surface area contributed by atoms with Gasteiger partial charge in [0.05, 0.1) is 0 Å². The van der Waals surface area contributed by atoms with E-state index in [2.05, 4.69) is 44.3 Å². The summed E-state index contributed by atoms with van der Waals surface area (Å²) < 4.78 is 0.869. The van der Waals surface area contributed by atoms with Gasteiger partial charge < -0.3 is 0 Å². The highest BCUT2D eigenvalue weighted by Gasteiger charge is 2.06. The van der Waals surface area contributed by atoms with Crippen molar-refractivity contribution in [2.75, 3.05) is 11.5 Å². The Labute approximate surface area is 73.5 Å².